The predicted octanol–water partition coefficient (Wildman–Crippen LogP) is 1.76. The first-order valence-electron chi connectivity index (χ1n) is 6.68. The van der Waals surface area contributed by atoms with E-state index in [1.165, 1.54) is 13.2 Å². The number of likely N-dealkylation sites (tertiary alicyclic amines) is 1. The van der Waals surface area contributed by atoms with E-state index in [1.54, 1.807) is 12.1 Å². The van der Waals surface area contributed by atoms with Gasteiger partial charge in [0.25, 0.3) is 0 Å². The second-order valence-corrected chi connectivity index (χ2v) is 5.38. The van der Waals surface area contributed by atoms with E-state index in [-0.39, 0.29) is 23.3 Å². The second-order valence-electron chi connectivity index (χ2n) is 5.38. The molecule has 2 atom stereocenters. The molecule has 1 fully saturated rings. The molecule has 1 aliphatic rings. The first kappa shape index (κ1) is 15.2. The number of ether oxygens (including phenoxy) is 1. The molecule has 0 bridgehead atoms. The minimum Gasteiger partial charge on any atom is -0.490 e. The maximum atomic E-state index is 11.1. The Morgan fingerprint density at radius 2 is 2.24 bits per heavy atom. The second kappa shape index (κ2) is 6.09. The maximum absolute atomic E-state index is 11.1. The van der Waals surface area contributed by atoms with E-state index >= 15 is 0 Å². The van der Waals surface area contributed by atoms with Crippen molar-refractivity contribution in [2.24, 2.45) is 11.8 Å². The van der Waals surface area contributed by atoms with Crippen LogP contribution in [0.5, 0.6) is 5.75 Å². The number of aliphatic carboxylic acids is 1. The topological polar surface area (TPSA) is 92.9 Å². The third-order valence-corrected chi connectivity index (χ3v) is 3.85. The molecule has 0 aliphatic carbocycles. The van der Waals surface area contributed by atoms with Crippen molar-refractivity contribution in [2.45, 2.75) is 13.5 Å². The summed E-state index contributed by atoms with van der Waals surface area (Å²) in [6.45, 7) is 3.56. The molecule has 21 heavy (non-hydrogen) atoms. The van der Waals surface area contributed by atoms with Gasteiger partial charge in [0.15, 0.2) is 5.75 Å². The number of carboxylic acids is 1. The molecule has 0 spiro atoms. The van der Waals surface area contributed by atoms with Crippen molar-refractivity contribution in [3.8, 4) is 5.75 Å². The Balaban J connectivity index is 2.12. The monoisotopic (exact) mass is 294 g/mol. The highest BCUT2D eigenvalue weighted by atomic mass is 16.6. The molecule has 1 aromatic carbocycles. The summed E-state index contributed by atoms with van der Waals surface area (Å²) in [5.41, 5.74) is 0.706. The van der Waals surface area contributed by atoms with Gasteiger partial charge in [-0.1, -0.05) is 13.0 Å². The van der Waals surface area contributed by atoms with Gasteiger partial charge in [0, 0.05) is 25.7 Å². The highest BCUT2D eigenvalue weighted by Crippen LogP contribution is 2.30. The Hall–Kier alpha value is -2.15. The number of benzene rings is 1. The Kier molecular flexibility index (Phi) is 4.42. The minimum absolute atomic E-state index is 0.0722. The first-order chi connectivity index (χ1) is 9.92. The largest absolute Gasteiger partial charge is 0.490 e. The van der Waals surface area contributed by atoms with Gasteiger partial charge >= 0.3 is 11.7 Å². The lowest BCUT2D eigenvalue weighted by Gasteiger charge is -2.15. The molecule has 0 unspecified atom stereocenters. The quantitative estimate of drug-likeness (QED) is 0.657. The van der Waals surface area contributed by atoms with Crippen molar-refractivity contribution in [1.29, 1.82) is 0 Å². The molecule has 7 nitrogen and oxygen atoms in total. The number of carbonyl (C=O) groups is 1. The van der Waals surface area contributed by atoms with Crippen molar-refractivity contribution in [1.82, 2.24) is 4.90 Å². The summed E-state index contributed by atoms with van der Waals surface area (Å²) >= 11 is 0. The van der Waals surface area contributed by atoms with E-state index in [0.717, 1.165) is 5.56 Å². The fraction of sp³-hybridized carbons (Fsp3) is 0.500. The molecule has 1 N–H and O–H groups in total. The van der Waals surface area contributed by atoms with Crippen molar-refractivity contribution in [3.63, 3.8) is 0 Å². The van der Waals surface area contributed by atoms with Crippen LogP contribution >= 0.6 is 0 Å². The first-order valence-corrected chi connectivity index (χ1v) is 6.68. The van der Waals surface area contributed by atoms with E-state index < -0.39 is 10.9 Å². The van der Waals surface area contributed by atoms with Gasteiger partial charge in [0.1, 0.15) is 0 Å². The molecule has 0 saturated carbocycles. The van der Waals surface area contributed by atoms with Gasteiger partial charge in [0.05, 0.1) is 18.0 Å². The lowest BCUT2D eigenvalue weighted by Crippen LogP contribution is -2.23. The Morgan fingerprint density at radius 3 is 2.76 bits per heavy atom. The van der Waals surface area contributed by atoms with Crippen molar-refractivity contribution >= 4 is 11.7 Å². The Labute approximate surface area is 122 Å². The molecular weight excluding hydrogens is 276 g/mol. The Morgan fingerprint density at radius 1 is 1.52 bits per heavy atom. The van der Waals surface area contributed by atoms with Crippen LogP contribution in [0.25, 0.3) is 0 Å². The lowest BCUT2D eigenvalue weighted by atomic mass is 9.99. The number of carboxylic acid groups (broad SMARTS) is 1. The van der Waals surface area contributed by atoms with Crippen LogP contribution in [0.4, 0.5) is 5.69 Å². The van der Waals surface area contributed by atoms with Gasteiger partial charge in [-0.05, 0) is 17.5 Å². The zero-order valence-corrected chi connectivity index (χ0v) is 12.0. The van der Waals surface area contributed by atoms with Crippen LogP contribution < -0.4 is 4.74 Å². The third-order valence-electron chi connectivity index (χ3n) is 3.85. The molecule has 7 heteroatoms. The fourth-order valence-corrected chi connectivity index (χ4v) is 2.75. The van der Waals surface area contributed by atoms with Crippen LogP contribution in [-0.2, 0) is 11.3 Å². The predicted molar refractivity (Wildman–Crippen MR) is 75.2 cm³/mol. The number of hydrogen-bond acceptors (Lipinski definition) is 5. The number of methoxy groups -OCH3 is 1. The summed E-state index contributed by atoms with van der Waals surface area (Å²) in [6, 6.07) is 4.82. The van der Waals surface area contributed by atoms with E-state index in [0.29, 0.717) is 19.6 Å². The normalized spacial score (nSPS) is 22.2. The molecule has 1 aromatic rings. The van der Waals surface area contributed by atoms with Gasteiger partial charge < -0.3 is 9.84 Å². The van der Waals surface area contributed by atoms with Crippen molar-refractivity contribution in [3.05, 3.63) is 33.9 Å². The summed E-state index contributed by atoms with van der Waals surface area (Å²) in [6.07, 6.45) is 0. The molecular formula is C14H18N2O5. The molecule has 1 aliphatic heterocycles. The van der Waals surface area contributed by atoms with Crippen LogP contribution in [0, 0.1) is 22.0 Å². The molecule has 1 saturated heterocycles. The zero-order valence-electron chi connectivity index (χ0n) is 12.0. The van der Waals surface area contributed by atoms with E-state index in [9.17, 15) is 14.9 Å². The van der Waals surface area contributed by atoms with Crippen molar-refractivity contribution in [2.75, 3.05) is 20.2 Å². The van der Waals surface area contributed by atoms with Crippen LogP contribution in [0.2, 0.25) is 0 Å². The van der Waals surface area contributed by atoms with Crippen LogP contribution in [0.15, 0.2) is 18.2 Å². The smallest absolute Gasteiger partial charge is 0.311 e. The Bertz CT molecular complexity index is 560. The number of nitrogens with zero attached hydrogens (tertiary/aromatic N) is 2. The summed E-state index contributed by atoms with van der Waals surface area (Å²) < 4.78 is 4.96. The van der Waals surface area contributed by atoms with Gasteiger partial charge in [-0.3, -0.25) is 19.8 Å². The zero-order chi connectivity index (χ0) is 15.6. The van der Waals surface area contributed by atoms with Crippen LogP contribution in [-0.4, -0.2) is 41.1 Å². The average Bonchev–Trinajstić information content (AvgIpc) is 2.79. The van der Waals surface area contributed by atoms with E-state index in [1.807, 2.05) is 11.8 Å². The summed E-state index contributed by atoms with van der Waals surface area (Å²) in [5.74, 6) is -0.860. The number of rotatable bonds is 5. The highest BCUT2D eigenvalue weighted by molar-refractivity contribution is 5.71. The molecule has 1 heterocycles. The third kappa shape index (κ3) is 3.30. The van der Waals surface area contributed by atoms with Gasteiger partial charge in [0.2, 0.25) is 0 Å². The number of hydrogen-bond donors (Lipinski definition) is 1. The molecule has 0 aromatic heterocycles. The van der Waals surface area contributed by atoms with Gasteiger partial charge in [-0.15, -0.1) is 0 Å². The summed E-state index contributed by atoms with van der Waals surface area (Å²) in [5, 5.41) is 20.1. The van der Waals surface area contributed by atoms with Crippen LogP contribution in [0.1, 0.15) is 12.5 Å². The van der Waals surface area contributed by atoms with E-state index in [4.69, 9.17) is 9.84 Å². The standard InChI is InChI=1S/C14H18N2O5/c1-9-6-15(8-11(9)14(17)18)7-10-3-4-13(21-2)12(5-10)16(19)20/h3-5,9,11H,6-8H2,1-2H3,(H,17,18)/t9-,11-/m1/s1. The SMILES string of the molecule is COc1ccc(CN2C[C@@H](C)[C@H](C(=O)O)C2)cc1[N+](=O)[O-]. The number of nitro groups is 1. The van der Waals surface area contributed by atoms with Crippen molar-refractivity contribution < 1.29 is 19.6 Å². The summed E-state index contributed by atoms with van der Waals surface area (Å²) in [7, 11) is 1.39. The molecule has 114 valence electrons. The van der Waals surface area contributed by atoms with Gasteiger partial charge in [-0.2, -0.15) is 0 Å². The molecule has 0 radical (unpaired) electrons. The average molecular weight is 294 g/mol. The highest BCUT2D eigenvalue weighted by Gasteiger charge is 2.34. The fourth-order valence-electron chi connectivity index (χ4n) is 2.75. The maximum Gasteiger partial charge on any atom is 0.311 e. The minimum atomic E-state index is -0.786. The summed E-state index contributed by atoms with van der Waals surface area (Å²) in [4.78, 5) is 23.6. The molecule has 0 amide bonds. The van der Waals surface area contributed by atoms with Crippen LogP contribution in [0.3, 0.4) is 0 Å². The molecule has 2 rings (SSSR count). The van der Waals surface area contributed by atoms with E-state index in [2.05, 4.69) is 0 Å². The number of nitro benzene ring substituents is 1. The van der Waals surface area contributed by atoms with Gasteiger partial charge in [-0.25, -0.2) is 0 Å². The lowest BCUT2D eigenvalue weighted by molar-refractivity contribution is -0.385.